The Morgan fingerprint density at radius 2 is 1.84 bits per heavy atom. The number of benzene rings is 2. The normalized spacial score (nSPS) is 14.6. The summed E-state index contributed by atoms with van der Waals surface area (Å²) in [6.07, 6.45) is 5.41. The van der Waals surface area contributed by atoms with Crippen molar-refractivity contribution in [2.24, 2.45) is 5.92 Å². The number of fused-ring (bicyclic) bond motifs is 1. The van der Waals surface area contributed by atoms with Gasteiger partial charge in [0.1, 0.15) is 0 Å². The maximum absolute atomic E-state index is 12.8. The van der Waals surface area contributed by atoms with Crippen molar-refractivity contribution < 1.29 is 14.3 Å². The lowest BCUT2D eigenvalue weighted by Gasteiger charge is -2.32. The topological polar surface area (TPSA) is 74.4 Å². The van der Waals surface area contributed by atoms with Crippen LogP contribution >= 0.6 is 0 Å². The van der Waals surface area contributed by atoms with Gasteiger partial charge in [-0.2, -0.15) is 0 Å². The minimum Gasteiger partial charge on any atom is -0.383 e. The van der Waals surface area contributed by atoms with E-state index in [1.54, 1.807) is 7.11 Å². The fourth-order valence-electron chi connectivity index (χ4n) is 4.43. The van der Waals surface area contributed by atoms with Crippen LogP contribution in [0.3, 0.4) is 0 Å². The number of hydrogen-bond donors (Lipinski definition) is 2. The molecule has 6 heteroatoms. The summed E-state index contributed by atoms with van der Waals surface area (Å²) in [7, 11) is 1.62. The fourth-order valence-corrected chi connectivity index (χ4v) is 4.43. The van der Waals surface area contributed by atoms with Crippen molar-refractivity contribution in [3.05, 3.63) is 71.4 Å². The van der Waals surface area contributed by atoms with Crippen LogP contribution < -0.4 is 5.32 Å². The first-order valence-electron chi connectivity index (χ1n) is 11.3. The van der Waals surface area contributed by atoms with Crippen LogP contribution in [-0.2, 0) is 22.4 Å². The van der Waals surface area contributed by atoms with Gasteiger partial charge in [0.05, 0.1) is 13.0 Å². The Kier molecular flexibility index (Phi) is 7.22. The Morgan fingerprint density at radius 1 is 1.09 bits per heavy atom. The summed E-state index contributed by atoms with van der Waals surface area (Å²) in [4.78, 5) is 30.2. The number of carbonyl (C=O) groups is 2. The first-order valence-corrected chi connectivity index (χ1v) is 11.3. The molecule has 32 heavy (non-hydrogen) atoms. The van der Waals surface area contributed by atoms with Crippen LogP contribution in [0, 0.1) is 5.92 Å². The molecule has 6 nitrogen and oxygen atoms in total. The number of ether oxygens (including phenoxy) is 1. The summed E-state index contributed by atoms with van der Waals surface area (Å²) in [6, 6.07) is 16.0. The van der Waals surface area contributed by atoms with Crippen molar-refractivity contribution in [2.45, 2.75) is 25.7 Å². The Bertz CT molecular complexity index is 1050. The van der Waals surface area contributed by atoms with Crippen molar-refractivity contribution in [2.75, 3.05) is 33.4 Å². The SMILES string of the molecule is COCCNC(=O)c1ccc(CC2CCN(C(=O)Cc3c[nH]c4ccccc34)CC2)cc1. The number of nitrogens with zero attached hydrogens (tertiary/aromatic N) is 1. The average molecular weight is 434 g/mol. The lowest BCUT2D eigenvalue weighted by Crippen LogP contribution is -2.39. The third kappa shape index (κ3) is 5.37. The molecule has 1 fully saturated rings. The van der Waals surface area contributed by atoms with Crippen molar-refractivity contribution >= 4 is 22.7 Å². The van der Waals surface area contributed by atoms with Crippen molar-refractivity contribution in [3.63, 3.8) is 0 Å². The van der Waals surface area contributed by atoms with Crippen LogP contribution in [0.2, 0.25) is 0 Å². The molecule has 2 N–H and O–H groups in total. The van der Waals surface area contributed by atoms with Crippen LogP contribution in [-0.4, -0.2) is 55.0 Å². The molecule has 1 aliphatic heterocycles. The highest BCUT2D eigenvalue weighted by molar-refractivity contribution is 5.94. The molecule has 0 atom stereocenters. The quantitative estimate of drug-likeness (QED) is 0.534. The molecular formula is C26H31N3O3. The fraction of sp³-hybridized carbons (Fsp3) is 0.385. The summed E-state index contributed by atoms with van der Waals surface area (Å²) in [5.41, 5.74) is 4.05. The van der Waals surface area contributed by atoms with Gasteiger partial charge in [0, 0.05) is 49.4 Å². The second kappa shape index (κ2) is 10.5. The average Bonchev–Trinajstić information content (AvgIpc) is 3.23. The van der Waals surface area contributed by atoms with E-state index in [1.165, 1.54) is 5.56 Å². The predicted octanol–water partition coefficient (Wildman–Crippen LogP) is 3.57. The molecule has 1 saturated heterocycles. The van der Waals surface area contributed by atoms with Gasteiger partial charge in [-0.05, 0) is 54.5 Å². The van der Waals surface area contributed by atoms with E-state index < -0.39 is 0 Å². The molecule has 2 aromatic carbocycles. The van der Waals surface area contributed by atoms with Crippen molar-refractivity contribution in [3.8, 4) is 0 Å². The second-order valence-electron chi connectivity index (χ2n) is 8.51. The molecule has 0 bridgehead atoms. The highest BCUT2D eigenvalue weighted by Gasteiger charge is 2.23. The molecule has 3 aromatic rings. The maximum Gasteiger partial charge on any atom is 0.251 e. The monoisotopic (exact) mass is 433 g/mol. The largest absolute Gasteiger partial charge is 0.383 e. The van der Waals surface area contributed by atoms with Gasteiger partial charge in [0.15, 0.2) is 0 Å². The smallest absolute Gasteiger partial charge is 0.251 e. The van der Waals surface area contributed by atoms with Crippen LogP contribution in [0.5, 0.6) is 0 Å². The highest BCUT2D eigenvalue weighted by Crippen LogP contribution is 2.24. The van der Waals surface area contributed by atoms with Crippen LogP contribution in [0.15, 0.2) is 54.7 Å². The van der Waals surface area contributed by atoms with E-state index in [2.05, 4.69) is 16.4 Å². The number of hydrogen-bond acceptors (Lipinski definition) is 3. The summed E-state index contributed by atoms with van der Waals surface area (Å²) in [5.74, 6) is 0.696. The maximum atomic E-state index is 12.8. The van der Waals surface area contributed by atoms with Gasteiger partial charge in [-0.1, -0.05) is 30.3 Å². The van der Waals surface area contributed by atoms with E-state index >= 15 is 0 Å². The highest BCUT2D eigenvalue weighted by atomic mass is 16.5. The third-order valence-corrected chi connectivity index (χ3v) is 6.32. The van der Waals surface area contributed by atoms with Gasteiger partial charge in [0.2, 0.25) is 5.91 Å². The van der Waals surface area contributed by atoms with Crippen molar-refractivity contribution in [1.82, 2.24) is 15.2 Å². The van der Waals surface area contributed by atoms with E-state index in [0.29, 0.717) is 31.1 Å². The second-order valence-corrected chi connectivity index (χ2v) is 8.51. The molecular weight excluding hydrogens is 402 g/mol. The Morgan fingerprint density at radius 3 is 2.59 bits per heavy atom. The first kappa shape index (κ1) is 22.1. The summed E-state index contributed by atoms with van der Waals surface area (Å²) < 4.78 is 4.96. The number of amides is 2. The number of carbonyl (C=O) groups excluding carboxylic acids is 2. The van der Waals surface area contributed by atoms with Gasteiger partial charge >= 0.3 is 0 Å². The van der Waals surface area contributed by atoms with E-state index in [1.807, 2.05) is 53.6 Å². The Hall–Kier alpha value is -3.12. The zero-order chi connectivity index (χ0) is 22.3. The van der Waals surface area contributed by atoms with Crippen molar-refractivity contribution in [1.29, 1.82) is 0 Å². The molecule has 0 saturated carbocycles. The van der Waals surface area contributed by atoms with E-state index in [-0.39, 0.29) is 11.8 Å². The predicted molar refractivity (Wildman–Crippen MR) is 126 cm³/mol. The molecule has 2 amide bonds. The number of aromatic nitrogens is 1. The molecule has 168 valence electrons. The zero-order valence-electron chi connectivity index (χ0n) is 18.6. The molecule has 1 aliphatic rings. The Labute approximate surface area is 188 Å². The summed E-state index contributed by atoms with van der Waals surface area (Å²) in [6.45, 7) is 2.64. The Balaban J connectivity index is 1.25. The number of methoxy groups -OCH3 is 1. The van der Waals surface area contributed by atoms with Gasteiger partial charge < -0.3 is 19.9 Å². The summed E-state index contributed by atoms with van der Waals surface area (Å²) in [5, 5.41) is 3.97. The minimum atomic E-state index is -0.0735. The number of rotatable bonds is 8. The first-order chi connectivity index (χ1) is 15.6. The summed E-state index contributed by atoms with van der Waals surface area (Å²) >= 11 is 0. The number of likely N-dealkylation sites (tertiary alicyclic amines) is 1. The van der Waals surface area contributed by atoms with Gasteiger partial charge in [-0.25, -0.2) is 0 Å². The number of aromatic amines is 1. The molecule has 1 aromatic heterocycles. The van der Waals surface area contributed by atoms with Gasteiger partial charge in [0.25, 0.3) is 5.91 Å². The van der Waals surface area contributed by atoms with Gasteiger partial charge in [-0.3, -0.25) is 9.59 Å². The molecule has 4 rings (SSSR count). The third-order valence-electron chi connectivity index (χ3n) is 6.32. The van der Waals surface area contributed by atoms with E-state index in [4.69, 9.17) is 4.74 Å². The minimum absolute atomic E-state index is 0.0735. The lowest BCUT2D eigenvalue weighted by atomic mass is 9.89. The number of piperidine rings is 1. The molecule has 0 spiro atoms. The van der Waals surface area contributed by atoms with Crippen LogP contribution in [0.25, 0.3) is 10.9 Å². The van der Waals surface area contributed by atoms with Crippen LogP contribution in [0.1, 0.15) is 34.3 Å². The van der Waals surface area contributed by atoms with E-state index in [0.717, 1.165) is 48.8 Å². The molecule has 0 aliphatic carbocycles. The van der Waals surface area contributed by atoms with Crippen LogP contribution in [0.4, 0.5) is 0 Å². The molecule has 0 radical (unpaired) electrons. The zero-order valence-corrected chi connectivity index (χ0v) is 18.6. The van der Waals surface area contributed by atoms with E-state index in [9.17, 15) is 9.59 Å². The lowest BCUT2D eigenvalue weighted by molar-refractivity contribution is -0.131. The number of nitrogens with one attached hydrogen (secondary N) is 2. The molecule has 0 unspecified atom stereocenters. The number of H-pyrrole nitrogens is 1. The molecule has 2 heterocycles. The standard InChI is InChI=1S/C26H31N3O3/c1-32-15-12-27-26(31)21-8-6-19(7-9-21)16-20-10-13-29(14-11-20)25(30)17-22-18-28-24-5-3-2-4-23(22)24/h2-9,18,20,28H,10-17H2,1H3,(H,27,31). The van der Waals surface area contributed by atoms with Gasteiger partial charge in [-0.15, -0.1) is 0 Å². The number of para-hydroxylation sites is 1.